The van der Waals surface area contributed by atoms with Gasteiger partial charge < -0.3 is 9.64 Å². The summed E-state index contributed by atoms with van der Waals surface area (Å²) in [6.45, 7) is 0.964. The minimum atomic E-state index is -0.873. The molecule has 0 bridgehead atoms. The summed E-state index contributed by atoms with van der Waals surface area (Å²) in [6.07, 6.45) is 0.629. The molecule has 0 N–H and O–H groups in total. The van der Waals surface area contributed by atoms with Crippen LogP contribution in [0.15, 0.2) is 0 Å². The number of rotatable bonds is 2. The molecular weight excluding hydrogens is 146 g/mol. The zero-order chi connectivity index (χ0) is 8.97. The molecule has 1 rings (SSSR count). The third-order valence-corrected chi connectivity index (χ3v) is 1.62. The van der Waals surface area contributed by atoms with Crippen LogP contribution in [0.2, 0.25) is 0 Å². The van der Waals surface area contributed by atoms with E-state index in [2.05, 4.69) is 4.74 Å². The lowest BCUT2D eigenvalue weighted by Gasteiger charge is -2.13. The van der Waals surface area contributed by atoms with Crippen molar-refractivity contribution in [2.75, 3.05) is 19.7 Å². The van der Waals surface area contributed by atoms with Crippen LogP contribution < -0.4 is 0 Å². The van der Waals surface area contributed by atoms with Crippen LogP contribution in [0.3, 0.4) is 0 Å². The number of aldehydes is 1. The average molecular weight is 158 g/mol. The van der Waals surface area contributed by atoms with E-state index in [1.165, 1.54) is 0 Å². The quantitative estimate of drug-likeness (QED) is 0.547. The van der Waals surface area contributed by atoms with Crippen molar-refractivity contribution in [2.45, 2.75) is 12.8 Å². The van der Waals surface area contributed by atoms with Gasteiger partial charge in [0.05, 0.1) is 0 Å². The Morgan fingerprint density at radius 1 is 1.64 bits per heavy atom. The Morgan fingerprint density at radius 2 is 2.27 bits per heavy atom. The highest BCUT2D eigenvalue weighted by Crippen LogP contribution is 2.08. The van der Waals surface area contributed by atoms with Gasteiger partial charge in [-0.2, -0.15) is 0 Å². The Kier molecular flexibility index (Phi) is 2.39. The molecule has 0 radical (unpaired) electrons. The third kappa shape index (κ3) is 2.22. The summed E-state index contributed by atoms with van der Waals surface area (Å²) in [5.41, 5.74) is 0. The Hall–Kier alpha value is -1.06. The monoisotopic (exact) mass is 158 g/mol. The summed E-state index contributed by atoms with van der Waals surface area (Å²) in [4.78, 5) is 22.7. The molecule has 0 aromatic heterocycles. The van der Waals surface area contributed by atoms with Crippen LogP contribution in [0.5, 0.6) is 0 Å². The first-order chi connectivity index (χ1) is 5.70. The minimum Gasteiger partial charge on any atom is -0.442 e. The molecule has 0 saturated carbocycles. The third-order valence-electron chi connectivity index (χ3n) is 1.62. The molecule has 4 heteroatoms. The lowest BCUT2D eigenvalue weighted by Crippen LogP contribution is -2.28. The highest BCUT2D eigenvalue weighted by atomic mass is 16.6. The fourth-order valence-corrected chi connectivity index (χ4v) is 1.08. The predicted octanol–water partition coefficient (Wildman–Crippen LogP) is 0.418. The van der Waals surface area contributed by atoms with Crippen LogP contribution in [0, 0.1) is 0 Å². The molecule has 1 saturated heterocycles. The van der Waals surface area contributed by atoms with Gasteiger partial charge in [0.15, 0.2) is 6.26 Å². The highest BCUT2D eigenvalue weighted by Gasteiger charge is 2.18. The second-order valence-corrected chi connectivity index (χ2v) is 2.39. The molecule has 1 amide bonds. The molecule has 1 fully saturated rings. The summed E-state index contributed by atoms with van der Waals surface area (Å²) >= 11 is 0. The molecule has 0 spiro atoms. The zero-order valence-corrected chi connectivity index (χ0v) is 6.21. The number of carbonyl (C=O) groups is 2. The number of ether oxygens (including phenoxy) is 1. The maximum absolute atomic E-state index is 11.0. The first-order valence-corrected chi connectivity index (χ1v) is 3.61. The Bertz CT molecular complexity index is 189. The van der Waals surface area contributed by atoms with E-state index in [1.54, 1.807) is 4.90 Å². The lowest BCUT2D eigenvalue weighted by molar-refractivity contribution is -0.110. The van der Waals surface area contributed by atoms with Crippen molar-refractivity contribution in [2.24, 2.45) is 0 Å². The average Bonchev–Trinajstić information content (AvgIpc) is 2.51. The number of likely N-dealkylation sites (tertiary alicyclic amines) is 1. The fourth-order valence-electron chi connectivity index (χ4n) is 1.08. The standard InChI is InChI=1S/C7H11NO3/c9-5-6-11-7(10)8-3-1-2-4-8/h5H,1-4,6H2/i5D. The van der Waals surface area contributed by atoms with Gasteiger partial charge in [-0.15, -0.1) is 0 Å². The first-order valence-electron chi connectivity index (χ1n) is 4.11. The molecule has 1 aliphatic heterocycles. The van der Waals surface area contributed by atoms with Crippen LogP contribution in [-0.4, -0.2) is 37.0 Å². The van der Waals surface area contributed by atoms with Crippen molar-refractivity contribution in [1.29, 1.82) is 0 Å². The zero-order valence-electron chi connectivity index (χ0n) is 7.21. The van der Waals surface area contributed by atoms with Crippen molar-refractivity contribution >= 4 is 12.4 Å². The predicted molar refractivity (Wildman–Crippen MR) is 38.2 cm³/mol. The van der Waals surface area contributed by atoms with Gasteiger partial charge in [-0.3, -0.25) is 4.79 Å². The van der Waals surface area contributed by atoms with E-state index in [9.17, 15) is 9.59 Å². The van der Waals surface area contributed by atoms with Crippen molar-refractivity contribution in [3.05, 3.63) is 0 Å². The van der Waals surface area contributed by atoms with Gasteiger partial charge in [-0.05, 0) is 12.8 Å². The maximum atomic E-state index is 11.0. The molecule has 4 nitrogen and oxygen atoms in total. The second kappa shape index (κ2) is 3.95. The number of carbonyl (C=O) groups excluding carboxylic acids is 2. The maximum Gasteiger partial charge on any atom is 0.410 e. The van der Waals surface area contributed by atoms with Crippen molar-refractivity contribution < 1.29 is 15.7 Å². The largest absolute Gasteiger partial charge is 0.442 e. The van der Waals surface area contributed by atoms with Gasteiger partial charge >= 0.3 is 6.09 Å². The molecule has 0 atom stereocenters. The van der Waals surface area contributed by atoms with E-state index < -0.39 is 19.0 Å². The summed E-state index contributed by atoms with van der Waals surface area (Å²) < 4.78 is 11.0. The van der Waals surface area contributed by atoms with Crippen molar-refractivity contribution in [3.63, 3.8) is 0 Å². The molecule has 0 aromatic carbocycles. The van der Waals surface area contributed by atoms with Crippen molar-refractivity contribution in [3.8, 4) is 0 Å². The number of hydrogen-bond acceptors (Lipinski definition) is 3. The molecule has 0 unspecified atom stereocenters. The number of amides is 1. The van der Waals surface area contributed by atoms with Crippen LogP contribution in [-0.2, 0) is 9.53 Å². The normalized spacial score (nSPS) is 17.8. The topological polar surface area (TPSA) is 46.6 Å². The molecule has 1 heterocycles. The van der Waals surface area contributed by atoms with Crippen LogP contribution in [0.1, 0.15) is 14.2 Å². The van der Waals surface area contributed by atoms with E-state index in [1.807, 2.05) is 0 Å². The van der Waals surface area contributed by atoms with E-state index in [4.69, 9.17) is 1.37 Å². The summed E-state index contributed by atoms with van der Waals surface area (Å²) in [7, 11) is 0. The SMILES string of the molecule is [2H]C(=O)COC(=O)N1CCCC1. The lowest BCUT2D eigenvalue weighted by atomic mass is 10.4. The molecule has 0 aliphatic carbocycles. The van der Waals surface area contributed by atoms with Crippen LogP contribution in [0.25, 0.3) is 0 Å². The van der Waals surface area contributed by atoms with E-state index >= 15 is 0 Å². The van der Waals surface area contributed by atoms with E-state index in [-0.39, 0.29) is 0 Å². The highest BCUT2D eigenvalue weighted by molar-refractivity contribution is 5.69. The minimum absolute atomic E-state index is 0.435. The van der Waals surface area contributed by atoms with Gasteiger partial charge in [0.1, 0.15) is 7.98 Å². The van der Waals surface area contributed by atoms with Crippen molar-refractivity contribution in [1.82, 2.24) is 4.90 Å². The van der Waals surface area contributed by atoms with Gasteiger partial charge in [-0.25, -0.2) is 4.79 Å². The molecule has 1 aliphatic rings. The van der Waals surface area contributed by atoms with Gasteiger partial charge in [0, 0.05) is 13.1 Å². The van der Waals surface area contributed by atoms with Gasteiger partial charge in [-0.1, -0.05) is 0 Å². The fraction of sp³-hybridized carbons (Fsp3) is 0.714. The van der Waals surface area contributed by atoms with Crippen LogP contribution in [0.4, 0.5) is 4.79 Å². The second-order valence-electron chi connectivity index (χ2n) is 2.39. The van der Waals surface area contributed by atoms with Gasteiger partial charge in [0.2, 0.25) is 0 Å². The summed E-state index contributed by atoms with van der Waals surface area (Å²) in [6, 6.07) is 0. The molecule has 11 heavy (non-hydrogen) atoms. The Morgan fingerprint density at radius 3 is 2.82 bits per heavy atom. The molecule has 0 aromatic rings. The van der Waals surface area contributed by atoms with E-state index in [0.717, 1.165) is 12.8 Å². The van der Waals surface area contributed by atoms with E-state index in [0.29, 0.717) is 13.1 Å². The summed E-state index contributed by atoms with van der Waals surface area (Å²) in [5, 5.41) is 0. The smallest absolute Gasteiger partial charge is 0.410 e. The first kappa shape index (κ1) is 6.64. The Labute approximate surface area is 66.5 Å². The number of hydrogen-bond donors (Lipinski definition) is 0. The van der Waals surface area contributed by atoms with Crippen LogP contribution >= 0.6 is 0 Å². The molecular formula is C7H11NO3. The summed E-state index contributed by atoms with van der Waals surface area (Å²) in [5.74, 6) is 0. The Balaban J connectivity index is 2.23. The number of nitrogens with zero attached hydrogens (tertiary/aromatic N) is 1. The van der Waals surface area contributed by atoms with Gasteiger partial charge in [0.25, 0.3) is 0 Å². The molecule has 62 valence electrons.